The summed E-state index contributed by atoms with van der Waals surface area (Å²) in [5, 5.41) is 13.9. The van der Waals surface area contributed by atoms with Gasteiger partial charge < -0.3 is 5.21 Å². The van der Waals surface area contributed by atoms with Crippen molar-refractivity contribution in [3.8, 4) is 0 Å². The summed E-state index contributed by atoms with van der Waals surface area (Å²) < 4.78 is 0. The van der Waals surface area contributed by atoms with E-state index < -0.39 is 0 Å². The molecule has 17 heavy (non-hydrogen) atoms. The van der Waals surface area contributed by atoms with Crippen LogP contribution < -0.4 is 0 Å². The van der Waals surface area contributed by atoms with Crippen molar-refractivity contribution in [3.63, 3.8) is 0 Å². The van der Waals surface area contributed by atoms with E-state index in [2.05, 4.69) is 10.1 Å². The van der Waals surface area contributed by atoms with E-state index in [1.54, 1.807) is 0 Å². The Labute approximate surface area is 98.0 Å². The SMILES string of the molecule is O/N=C\c1c2ccccc2nc2ccccc12. The molecule has 82 valence electrons. The first-order valence-electron chi connectivity index (χ1n) is 5.35. The molecule has 2 aromatic carbocycles. The number of para-hydroxylation sites is 2. The van der Waals surface area contributed by atoms with E-state index in [4.69, 9.17) is 5.21 Å². The van der Waals surface area contributed by atoms with Crippen LogP contribution in [0.2, 0.25) is 0 Å². The molecule has 3 heteroatoms. The number of fused-ring (bicyclic) bond motifs is 2. The molecule has 0 fully saturated rings. The maximum Gasteiger partial charge on any atom is 0.0747 e. The molecule has 0 unspecified atom stereocenters. The van der Waals surface area contributed by atoms with E-state index in [1.807, 2.05) is 48.5 Å². The second kappa shape index (κ2) is 3.87. The van der Waals surface area contributed by atoms with E-state index >= 15 is 0 Å². The van der Waals surface area contributed by atoms with E-state index in [9.17, 15) is 0 Å². The molecular formula is C14H10N2O. The zero-order valence-electron chi connectivity index (χ0n) is 9.04. The highest BCUT2D eigenvalue weighted by Gasteiger charge is 2.06. The number of rotatable bonds is 1. The van der Waals surface area contributed by atoms with Gasteiger partial charge in [0.05, 0.1) is 17.2 Å². The molecule has 0 spiro atoms. The third-order valence-electron chi connectivity index (χ3n) is 2.82. The van der Waals surface area contributed by atoms with Gasteiger partial charge in [-0.1, -0.05) is 41.6 Å². The van der Waals surface area contributed by atoms with Crippen molar-refractivity contribution < 1.29 is 5.21 Å². The van der Waals surface area contributed by atoms with Crippen molar-refractivity contribution in [2.45, 2.75) is 0 Å². The zero-order chi connectivity index (χ0) is 11.7. The second-order valence-corrected chi connectivity index (χ2v) is 3.80. The highest BCUT2D eigenvalue weighted by molar-refractivity contribution is 6.10. The predicted molar refractivity (Wildman–Crippen MR) is 68.6 cm³/mol. The van der Waals surface area contributed by atoms with E-state index in [-0.39, 0.29) is 0 Å². The zero-order valence-corrected chi connectivity index (χ0v) is 9.04. The van der Waals surface area contributed by atoms with Crippen molar-refractivity contribution >= 4 is 28.0 Å². The number of aromatic nitrogens is 1. The van der Waals surface area contributed by atoms with E-state index in [0.717, 1.165) is 27.4 Å². The first-order chi connectivity index (χ1) is 8.40. The molecule has 1 aromatic heterocycles. The van der Waals surface area contributed by atoms with Crippen LogP contribution in [0.25, 0.3) is 21.8 Å². The summed E-state index contributed by atoms with van der Waals surface area (Å²) in [5.74, 6) is 0. The summed E-state index contributed by atoms with van der Waals surface area (Å²) in [6.45, 7) is 0. The van der Waals surface area contributed by atoms with Gasteiger partial charge in [-0.05, 0) is 12.1 Å². The Hall–Kier alpha value is -2.42. The van der Waals surface area contributed by atoms with Gasteiger partial charge in [-0.3, -0.25) is 0 Å². The van der Waals surface area contributed by atoms with Crippen molar-refractivity contribution in [3.05, 3.63) is 54.1 Å². The van der Waals surface area contributed by atoms with Gasteiger partial charge in [-0.15, -0.1) is 0 Å². The van der Waals surface area contributed by atoms with Crippen LogP contribution in [0.1, 0.15) is 5.56 Å². The van der Waals surface area contributed by atoms with Crippen molar-refractivity contribution in [1.82, 2.24) is 4.98 Å². The average molecular weight is 222 g/mol. The maximum atomic E-state index is 8.79. The lowest BCUT2D eigenvalue weighted by Gasteiger charge is -2.05. The molecule has 0 radical (unpaired) electrons. The Kier molecular flexibility index (Phi) is 2.22. The van der Waals surface area contributed by atoms with Crippen LogP contribution in [0.3, 0.4) is 0 Å². The Morgan fingerprint density at radius 1 is 0.882 bits per heavy atom. The molecule has 3 aromatic rings. The molecule has 0 aliphatic heterocycles. The topological polar surface area (TPSA) is 45.5 Å². The third kappa shape index (κ3) is 1.52. The number of nitrogens with zero attached hydrogens (tertiary/aromatic N) is 2. The van der Waals surface area contributed by atoms with Crippen LogP contribution in [0, 0.1) is 0 Å². The van der Waals surface area contributed by atoms with Crippen LogP contribution in [-0.2, 0) is 0 Å². The fourth-order valence-corrected chi connectivity index (χ4v) is 2.07. The van der Waals surface area contributed by atoms with Crippen molar-refractivity contribution in [2.24, 2.45) is 5.16 Å². The number of pyridine rings is 1. The van der Waals surface area contributed by atoms with Gasteiger partial charge in [0, 0.05) is 16.3 Å². The van der Waals surface area contributed by atoms with Crippen molar-refractivity contribution in [2.75, 3.05) is 0 Å². The maximum absolute atomic E-state index is 8.79. The Morgan fingerprint density at radius 2 is 1.41 bits per heavy atom. The quantitative estimate of drug-likeness (QED) is 0.297. The molecule has 3 rings (SSSR count). The lowest BCUT2D eigenvalue weighted by molar-refractivity contribution is 0.322. The first-order valence-corrected chi connectivity index (χ1v) is 5.35. The minimum Gasteiger partial charge on any atom is -0.411 e. The summed E-state index contributed by atoms with van der Waals surface area (Å²) >= 11 is 0. The number of hydrogen-bond donors (Lipinski definition) is 1. The van der Waals surface area contributed by atoms with Gasteiger partial charge in [0.15, 0.2) is 0 Å². The highest BCUT2D eigenvalue weighted by atomic mass is 16.4. The summed E-state index contributed by atoms with van der Waals surface area (Å²) in [6, 6.07) is 15.7. The predicted octanol–water partition coefficient (Wildman–Crippen LogP) is 3.20. The van der Waals surface area contributed by atoms with Crippen LogP contribution in [-0.4, -0.2) is 16.4 Å². The van der Waals surface area contributed by atoms with Crippen LogP contribution in [0.4, 0.5) is 0 Å². The van der Waals surface area contributed by atoms with Gasteiger partial charge in [0.1, 0.15) is 0 Å². The fraction of sp³-hybridized carbons (Fsp3) is 0. The lowest BCUT2D eigenvalue weighted by atomic mass is 10.0. The number of hydrogen-bond acceptors (Lipinski definition) is 3. The smallest absolute Gasteiger partial charge is 0.0747 e. The molecule has 0 aliphatic carbocycles. The molecule has 0 aliphatic rings. The van der Waals surface area contributed by atoms with Gasteiger partial charge in [-0.2, -0.15) is 0 Å². The molecule has 0 bridgehead atoms. The average Bonchev–Trinajstić information content (AvgIpc) is 2.39. The molecular weight excluding hydrogens is 212 g/mol. The fourth-order valence-electron chi connectivity index (χ4n) is 2.07. The number of oxime groups is 1. The molecule has 1 heterocycles. The van der Waals surface area contributed by atoms with Crippen molar-refractivity contribution in [1.29, 1.82) is 0 Å². The largest absolute Gasteiger partial charge is 0.411 e. The highest BCUT2D eigenvalue weighted by Crippen LogP contribution is 2.24. The van der Waals surface area contributed by atoms with Crippen LogP contribution in [0.5, 0.6) is 0 Å². The Balaban J connectivity index is 2.56. The molecule has 0 saturated heterocycles. The van der Waals surface area contributed by atoms with Gasteiger partial charge >= 0.3 is 0 Å². The molecule has 1 N–H and O–H groups in total. The summed E-state index contributed by atoms with van der Waals surface area (Å²) in [4.78, 5) is 4.58. The standard InChI is InChI=1S/C14H10N2O/c17-15-9-12-10-5-1-3-7-13(10)16-14-8-4-2-6-11(12)14/h1-9,17H/b15-9-. The molecule has 3 nitrogen and oxygen atoms in total. The van der Waals surface area contributed by atoms with Gasteiger partial charge in [0.25, 0.3) is 0 Å². The summed E-state index contributed by atoms with van der Waals surface area (Å²) in [5.41, 5.74) is 2.70. The second-order valence-electron chi connectivity index (χ2n) is 3.80. The van der Waals surface area contributed by atoms with Crippen LogP contribution >= 0.6 is 0 Å². The minimum absolute atomic E-state index is 0.897. The molecule has 0 atom stereocenters. The normalized spacial score (nSPS) is 11.5. The Morgan fingerprint density at radius 3 is 1.94 bits per heavy atom. The minimum atomic E-state index is 0.897. The van der Waals surface area contributed by atoms with Gasteiger partial charge in [0.2, 0.25) is 0 Å². The summed E-state index contributed by atoms with van der Waals surface area (Å²) in [7, 11) is 0. The Bertz CT molecular complexity index is 666. The summed E-state index contributed by atoms with van der Waals surface area (Å²) in [6.07, 6.45) is 1.46. The van der Waals surface area contributed by atoms with E-state index in [0.29, 0.717) is 0 Å². The first kappa shape index (κ1) is 9.78. The van der Waals surface area contributed by atoms with Gasteiger partial charge in [-0.25, -0.2) is 4.98 Å². The van der Waals surface area contributed by atoms with Crippen LogP contribution in [0.15, 0.2) is 53.7 Å². The van der Waals surface area contributed by atoms with E-state index in [1.165, 1.54) is 6.21 Å². The molecule has 0 saturated carbocycles. The monoisotopic (exact) mass is 222 g/mol. The third-order valence-corrected chi connectivity index (χ3v) is 2.82. The lowest BCUT2D eigenvalue weighted by Crippen LogP contribution is -1.91. The number of benzene rings is 2. The molecule has 0 amide bonds.